The Balaban J connectivity index is 2.07. The first-order valence-electron chi connectivity index (χ1n) is 8.07. The standard InChI is InChI=1S/C18H26O2/c1-10-5-6-12-11(2)9-13-16(15(12)17(10)20)14(19)7-8-18(13,3)4/h9-10,12-13,15-16H,5-8H2,1-4H3/t10-,12+,13+,15-,16+/m0/s1. The molecule has 0 spiro atoms. The van der Waals surface area contributed by atoms with E-state index >= 15 is 0 Å². The highest BCUT2D eigenvalue weighted by atomic mass is 16.1. The van der Waals surface area contributed by atoms with Crippen LogP contribution in [0.4, 0.5) is 0 Å². The van der Waals surface area contributed by atoms with Crippen molar-refractivity contribution in [2.75, 3.05) is 0 Å². The number of ketones is 2. The van der Waals surface area contributed by atoms with Crippen LogP contribution in [0.15, 0.2) is 11.6 Å². The predicted molar refractivity (Wildman–Crippen MR) is 79.1 cm³/mol. The molecule has 0 N–H and O–H groups in total. The number of hydrogen-bond donors (Lipinski definition) is 0. The molecule has 0 heterocycles. The number of Topliss-reactive ketones (excluding diaryl/α,β-unsaturated/α-hetero) is 2. The normalized spacial score (nSPS) is 43.6. The van der Waals surface area contributed by atoms with E-state index in [0.29, 0.717) is 23.9 Å². The molecular weight excluding hydrogens is 248 g/mol. The second-order valence-electron chi connectivity index (χ2n) is 7.93. The van der Waals surface area contributed by atoms with Gasteiger partial charge in [-0.05, 0) is 43.4 Å². The fraction of sp³-hybridized carbons (Fsp3) is 0.778. The largest absolute Gasteiger partial charge is 0.299 e. The first-order valence-corrected chi connectivity index (χ1v) is 8.07. The third-order valence-electron chi connectivity index (χ3n) is 6.25. The molecule has 2 heteroatoms. The Morgan fingerprint density at radius 2 is 1.85 bits per heavy atom. The molecule has 0 aromatic heterocycles. The van der Waals surface area contributed by atoms with Gasteiger partial charge in [0.15, 0.2) is 0 Å². The molecule has 0 unspecified atom stereocenters. The summed E-state index contributed by atoms with van der Waals surface area (Å²) in [6, 6.07) is 0. The fourth-order valence-corrected chi connectivity index (χ4v) is 4.84. The first-order chi connectivity index (χ1) is 9.33. The van der Waals surface area contributed by atoms with Crippen molar-refractivity contribution in [2.24, 2.45) is 35.0 Å². The van der Waals surface area contributed by atoms with Gasteiger partial charge in [-0.25, -0.2) is 0 Å². The van der Waals surface area contributed by atoms with E-state index in [-0.39, 0.29) is 29.1 Å². The zero-order valence-electron chi connectivity index (χ0n) is 13.1. The van der Waals surface area contributed by atoms with Crippen LogP contribution in [0.3, 0.4) is 0 Å². The smallest absolute Gasteiger partial charge is 0.140 e. The molecule has 5 atom stereocenters. The third-order valence-corrected chi connectivity index (χ3v) is 6.25. The molecule has 2 fully saturated rings. The van der Waals surface area contributed by atoms with Gasteiger partial charge in [0.2, 0.25) is 0 Å². The van der Waals surface area contributed by atoms with Gasteiger partial charge in [0.05, 0.1) is 0 Å². The summed E-state index contributed by atoms with van der Waals surface area (Å²) in [6.07, 6.45) is 6.02. The second kappa shape index (κ2) is 4.54. The Bertz CT molecular complexity index is 486. The number of carbonyl (C=O) groups excluding carboxylic acids is 2. The molecule has 20 heavy (non-hydrogen) atoms. The Hall–Kier alpha value is -0.920. The summed E-state index contributed by atoms with van der Waals surface area (Å²) in [5, 5.41) is 0. The molecule has 0 bridgehead atoms. The van der Waals surface area contributed by atoms with Gasteiger partial charge in [-0.15, -0.1) is 0 Å². The quantitative estimate of drug-likeness (QED) is 0.630. The highest BCUT2D eigenvalue weighted by Gasteiger charge is 2.54. The molecule has 3 aliphatic rings. The average Bonchev–Trinajstić information content (AvgIpc) is 2.39. The van der Waals surface area contributed by atoms with E-state index in [1.54, 1.807) is 0 Å². The Kier molecular flexibility index (Phi) is 3.19. The molecule has 0 aromatic carbocycles. The maximum atomic E-state index is 12.7. The molecule has 0 aliphatic heterocycles. The lowest BCUT2D eigenvalue weighted by Crippen LogP contribution is -2.52. The van der Waals surface area contributed by atoms with Crippen molar-refractivity contribution >= 4 is 11.6 Å². The van der Waals surface area contributed by atoms with Crippen molar-refractivity contribution in [1.82, 2.24) is 0 Å². The van der Waals surface area contributed by atoms with Crippen LogP contribution in [-0.4, -0.2) is 11.6 Å². The zero-order chi connectivity index (χ0) is 14.7. The molecule has 3 rings (SSSR count). The molecule has 0 radical (unpaired) electrons. The Morgan fingerprint density at radius 1 is 1.15 bits per heavy atom. The third kappa shape index (κ3) is 1.91. The van der Waals surface area contributed by atoms with Crippen molar-refractivity contribution in [2.45, 2.75) is 53.4 Å². The van der Waals surface area contributed by atoms with Gasteiger partial charge in [0, 0.05) is 24.2 Å². The van der Waals surface area contributed by atoms with E-state index in [4.69, 9.17) is 0 Å². The highest BCUT2D eigenvalue weighted by molar-refractivity contribution is 5.93. The Morgan fingerprint density at radius 3 is 2.55 bits per heavy atom. The van der Waals surface area contributed by atoms with Gasteiger partial charge >= 0.3 is 0 Å². The number of rotatable bonds is 0. The van der Waals surface area contributed by atoms with E-state index in [0.717, 1.165) is 19.3 Å². The molecule has 2 saturated carbocycles. The van der Waals surface area contributed by atoms with Crippen LogP contribution in [0.5, 0.6) is 0 Å². The molecule has 2 nitrogen and oxygen atoms in total. The van der Waals surface area contributed by atoms with Crippen LogP contribution in [0, 0.1) is 35.0 Å². The van der Waals surface area contributed by atoms with Crippen molar-refractivity contribution in [1.29, 1.82) is 0 Å². The van der Waals surface area contributed by atoms with Crippen LogP contribution in [0.1, 0.15) is 53.4 Å². The summed E-state index contributed by atoms with van der Waals surface area (Å²) in [7, 11) is 0. The van der Waals surface area contributed by atoms with Crippen LogP contribution >= 0.6 is 0 Å². The predicted octanol–water partition coefficient (Wildman–Crippen LogP) is 3.80. The van der Waals surface area contributed by atoms with E-state index < -0.39 is 0 Å². The molecule has 0 saturated heterocycles. The van der Waals surface area contributed by atoms with Crippen LogP contribution in [0.2, 0.25) is 0 Å². The minimum atomic E-state index is -0.0392. The average molecular weight is 274 g/mol. The number of allylic oxidation sites excluding steroid dienone is 2. The van der Waals surface area contributed by atoms with Crippen LogP contribution in [-0.2, 0) is 9.59 Å². The number of hydrogen-bond acceptors (Lipinski definition) is 2. The van der Waals surface area contributed by atoms with E-state index in [9.17, 15) is 9.59 Å². The van der Waals surface area contributed by atoms with Crippen molar-refractivity contribution < 1.29 is 9.59 Å². The second-order valence-corrected chi connectivity index (χ2v) is 7.93. The van der Waals surface area contributed by atoms with E-state index in [1.807, 2.05) is 6.92 Å². The maximum absolute atomic E-state index is 12.7. The summed E-state index contributed by atoms with van der Waals surface area (Å²) in [6.45, 7) is 8.74. The summed E-state index contributed by atoms with van der Waals surface area (Å²) in [5.41, 5.74) is 1.51. The Labute approximate surface area is 122 Å². The van der Waals surface area contributed by atoms with Gasteiger partial charge in [-0.1, -0.05) is 32.4 Å². The van der Waals surface area contributed by atoms with E-state index in [1.165, 1.54) is 5.57 Å². The van der Waals surface area contributed by atoms with Crippen molar-refractivity contribution in [3.05, 3.63) is 11.6 Å². The van der Waals surface area contributed by atoms with Crippen molar-refractivity contribution in [3.8, 4) is 0 Å². The topological polar surface area (TPSA) is 34.1 Å². The maximum Gasteiger partial charge on any atom is 0.140 e. The van der Waals surface area contributed by atoms with Crippen molar-refractivity contribution in [3.63, 3.8) is 0 Å². The van der Waals surface area contributed by atoms with Gasteiger partial charge in [-0.2, -0.15) is 0 Å². The SMILES string of the molecule is CC1=C[C@@H]2[C@H](C(=O)CCC2(C)C)[C@H]2C(=O)[C@@H](C)CC[C@H]12. The van der Waals surface area contributed by atoms with E-state index in [2.05, 4.69) is 26.8 Å². The van der Waals surface area contributed by atoms with Gasteiger partial charge in [-0.3, -0.25) is 9.59 Å². The summed E-state index contributed by atoms with van der Waals surface area (Å²) in [5.74, 6) is 1.37. The van der Waals surface area contributed by atoms with Crippen LogP contribution < -0.4 is 0 Å². The number of carbonyl (C=O) groups is 2. The highest BCUT2D eigenvalue weighted by Crippen LogP contribution is 2.54. The minimum Gasteiger partial charge on any atom is -0.299 e. The lowest BCUT2D eigenvalue weighted by atomic mass is 9.51. The fourth-order valence-electron chi connectivity index (χ4n) is 4.84. The molecule has 0 aromatic rings. The van der Waals surface area contributed by atoms with Gasteiger partial charge < -0.3 is 0 Å². The minimum absolute atomic E-state index is 0.0270. The molecule has 0 amide bonds. The summed E-state index contributed by atoms with van der Waals surface area (Å²) >= 11 is 0. The lowest BCUT2D eigenvalue weighted by Gasteiger charge is -2.51. The summed E-state index contributed by atoms with van der Waals surface area (Å²) in [4.78, 5) is 25.3. The molecular formula is C18H26O2. The number of fused-ring (bicyclic) bond motifs is 3. The van der Waals surface area contributed by atoms with Gasteiger partial charge in [0.1, 0.15) is 11.6 Å². The molecule has 3 aliphatic carbocycles. The molecule has 110 valence electrons. The zero-order valence-corrected chi connectivity index (χ0v) is 13.1. The lowest BCUT2D eigenvalue weighted by molar-refractivity contribution is -0.146. The summed E-state index contributed by atoms with van der Waals surface area (Å²) < 4.78 is 0. The van der Waals surface area contributed by atoms with Crippen LogP contribution in [0.25, 0.3) is 0 Å². The first kappa shape index (κ1) is 14.0. The van der Waals surface area contributed by atoms with Gasteiger partial charge in [0.25, 0.3) is 0 Å². The monoisotopic (exact) mass is 274 g/mol.